The largest absolute Gasteiger partial charge is 0.507 e. The summed E-state index contributed by atoms with van der Waals surface area (Å²) >= 11 is 0. The van der Waals surface area contributed by atoms with E-state index in [0.29, 0.717) is 5.75 Å². The molecule has 0 unspecified atom stereocenters. The topological polar surface area (TPSA) is 20.2 Å². The average Bonchev–Trinajstić information content (AvgIpc) is 2.87. The van der Waals surface area contributed by atoms with Gasteiger partial charge in [0.25, 0.3) is 0 Å². The molecule has 2 rings (SSSR count). The minimum absolute atomic E-state index is 0. The average molecular weight is 495 g/mol. The maximum absolute atomic E-state index is 10.4. The number of phenols is 1. The van der Waals surface area contributed by atoms with Gasteiger partial charge in [-0.15, -0.1) is 40.4 Å². The molecule has 0 saturated heterocycles. The zero-order valence-corrected chi connectivity index (χ0v) is 20.8. The summed E-state index contributed by atoms with van der Waals surface area (Å²) in [5.41, 5.74) is 3.26. The van der Waals surface area contributed by atoms with Crippen molar-refractivity contribution < 1.29 is 26.8 Å². The third-order valence-corrected chi connectivity index (χ3v) is 3.46. The monoisotopic (exact) mass is 493 g/mol. The summed E-state index contributed by atoms with van der Waals surface area (Å²) in [6.07, 6.45) is 10.0. The van der Waals surface area contributed by atoms with Crippen LogP contribution < -0.4 is 0 Å². The van der Waals surface area contributed by atoms with Crippen LogP contribution in [-0.4, -0.2) is 5.11 Å². The molecule has 0 atom stereocenters. The molecule has 0 heterocycles. The van der Waals surface area contributed by atoms with E-state index in [-0.39, 0.29) is 66.5 Å². The number of hydrogen-bond donors (Lipinski definition) is 1. The number of hydrogen-bond acceptors (Lipinski definition) is 1. The van der Waals surface area contributed by atoms with Crippen molar-refractivity contribution in [2.24, 2.45) is 0 Å². The van der Waals surface area contributed by atoms with Gasteiger partial charge in [-0.3, -0.25) is 6.08 Å². The Bertz CT molecular complexity index is 505. The Balaban J connectivity index is -0.000000475. The smallest absolute Gasteiger partial charge is 0.123 e. The molecule has 0 aromatic heterocycles. The van der Waals surface area contributed by atoms with Crippen molar-refractivity contribution in [3.05, 3.63) is 53.1 Å². The van der Waals surface area contributed by atoms with Crippen LogP contribution in [0.5, 0.6) is 5.75 Å². The van der Waals surface area contributed by atoms with Crippen molar-refractivity contribution in [2.75, 3.05) is 0 Å². The van der Waals surface area contributed by atoms with Crippen molar-refractivity contribution in [1.82, 2.24) is 0 Å². The molecule has 1 aromatic carbocycles. The Morgan fingerprint density at radius 2 is 1.33 bits per heavy atom. The number of aromatic hydroxyl groups is 1. The molecule has 0 saturated carbocycles. The summed E-state index contributed by atoms with van der Waals surface area (Å²) in [6.45, 7) is 14.9. The maximum atomic E-state index is 10.4. The van der Waals surface area contributed by atoms with E-state index in [1.807, 2.05) is 12.2 Å². The summed E-state index contributed by atoms with van der Waals surface area (Å²) in [5.74, 6) is 0.464. The zero-order valence-electron chi connectivity index (χ0n) is 15.9. The standard InChI is InChI=1S/C15H24O.C5H5.2BrH.Ti/c1-10-8-11(14(2,3)4)13(16)12(9-10)15(5,6)7;1-2-4-5-3-1;;;/h8-9,16H,1-7H3;1-3H,4H2;2*1H;/q;-1;;;. The molecule has 1 aliphatic rings. The van der Waals surface area contributed by atoms with Crippen molar-refractivity contribution in [1.29, 1.82) is 0 Å². The van der Waals surface area contributed by atoms with E-state index >= 15 is 0 Å². The summed E-state index contributed by atoms with van der Waals surface area (Å²) in [6, 6.07) is 4.18. The predicted molar refractivity (Wildman–Crippen MR) is 112 cm³/mol. The van der Waals surface area contributed by atoms with Gasteiger partial charge in [0.05, 0.1) is 0 Å². The van der Waals surface area contributed by atoms with Gasteiger partial charge in [0, 0.05) is 21.7 Å². The zero-order chi connectivity index (χ0) is 16.3. The first kappa shape index (κ1) is 29.0. The van der Waals surface area contributed by atoms with Gasteiger partial charge in [-0.05, 0) is 28.9 Å². The van der Waals surface area contributed by atoms with Gasteiger partial charge >= 0.3 is 0 Å². The minimum atomic E-state index is -0.0178. The van der Waals surface area contributed by atoms with Gasteiger partial charge in [0.15, 0.2) is 0 Å². The van der Waals surface area contributed by atoms with Crippen LogP contribution >= 0.6 is 34.0 Å². The van der Waals surface area contributed by atoms with E-state index in [0.717, 1.165) is 17.5 Å². The van der Waals surface area contributed by atoms with Crippen molar-refractivity contribution >= 4 is 34.0 Å². The van der Waals surface area contributed by atoms with Gasteiger partial charge in [0.1, 0.15) is 5.75 Å². The van der Waals surface area contributed by atoms with Crippen molar-refractivity contribution in [3.63, 3.8) is 0 Å². The first-order chi connectivity index (χ1) is 9.53. The van der Waals surface area contributed by atoms with Gasteiger partial charge in [0.2, 0.25) is 0 Å². The summed E-state index contributed by atoms with van der Waals surface area (Å²) in [7, 11) is 0. The van der Waals surface area contributed by atoms with Gasteiger partial charge in [-0.25, -0.2) is 12.2 Å². The van der Waals surface area contributed by atoms with Crippen LogP contribution in [0.25, 0.3) is 0 Å². The number of halogens is 2. The van der Waals surface area contributed by atoms with E-state index < -0.39 is 0 Å². The Morgan fingerprint density at radius 1 is 0.917 bits per heavy atom. The van der Waals surface area contributed by atoms with Gasteiger partial charge in [-0.1, -0.05) is 59.2 Å². The van der Waals surface area contributed by atoms with Gasteiger partial charge in [-0.2, -0.15) is 6.08 Å². The van der Waals surface area contributed by atoms with E-state index in [1.54, 1.807) is 0 Å². The third-order valence-electron chi connectivity index (χ3n) is 3.46. The predicted octanol–water partition coefficient (Wildman–Crippen LogP) is 6.75. The maximum Gasteiger partial charge on any atom is 0.123 e. The van der Waals surface area contributed by atoms with Crippen LogP contribution in [0.4, 0.5) is 0 Å². The molecule has 1 aromatic rings. The van der Waals surface area contributed by atoms with Crippen LogP contribution in [-0.2, 0) is 32.5 Å². The molecule has 0 spiro atoms. The molecule has 0 radical (unpaired) electrons. The number of benzene rings is 1. The van der Waals surface area contributed by atoms with Crippen LogP contribution in [0.2, 0.25) is 0 Å². The first-order valence-corrected chi connectivity index (χ1v) is 7.60. The SMILES string of the molecule is Br.Br.Cc1cc(C(C)(C)C)c(O)c(C(C)(C)C)c1.[C-]1=CC=CC1.[Ti]. The fourth-order valence-electron chi connectivity index (χ4n) is 2.26. The van der Waals surface area contributed by atoms with Gasteiger partial charge < -0.3 is 5.11 Å². The molecule has 136 valence electrons. The molecule has 0 aliphatic heterocycles. The minimum Gasteiger partial charge on any atom is -0.507 e. The second-order valence-corrected chi connectivity index (χ2v) is 7.71. The molecule has 1 aliphatic carbocycles. The quantitative estimate of drug-likeness (QED) is 0.312. The molecule has 1 nitrogen and oxygen atoms in total. The molecule has 0 fully saturated rings. The van der Waals surface area contributed by atoms with Crippen LogP contribution in [0.15, 0.2) is 30.4 Å². The Morgan fingerprint density at radius 3 is 1.54 bits per heavy atom. The van der Waals surface area contributed by atoms with Crippen molar-refractivity contribution in [2.45, 2.75) is 65.7 Å². The van der Waals surface area contributed by atoms with E-state index in [9.17, 15) is 5.11 Å². The third kappa shape index (κ3) is 9.03. The number of phenolic OH excluding ortho intramolecular Hbond substituents is 1. The Hall–Kier alpha value is 0.174. The van der Waals surface area contributed by atoms with E-state index in [1.165, 1.54) is 5.56 Å². The summed E-state index contributed by atoms with van der Waals surface area (Å²) in [5, 5.41) is 10.4. The summed E-state index contributed by atoms with van der Waals surface area (Å²) in [4.78, 5) is 0. The van der Waals surface area contributed by atoms with Crippen LogP contribution in [0, 0.1) is 13.0 Å². The Kier molecular flexibility index (Phi) is 14.1. The molecule has 24 heavy (non-hydrogen) atoms. The number of rotatable bonds is 0. The van der Waals surface area contributed by atoms with Crippen LogP contribution in [0.1, 0.15) is 64.7 Å². The molecule has 1 N–H and O–H groups in total. The molecule has 0 bridgehead atoms. The van der Waals surface area contributed by atoms with E-state index in [4.69, 9.17) is 0 Å². The molecule has 4 heteroatoms. The summed E-state index contributed by atoms with van der Waals surface area (Å²) < 4.78 is 0. The molecule has 0 amide bonds. The van der Waals surface area contributed by atoms with Crippen molar-refractivity contribution in [3.8, 4) is 5.75 Å². The number of aryl methyl sites for hydroxylation is 1. The Labute approximate surface area is 184 Å². The molecular formula is C20H31Br2OTi-. The molecular weight excluding hydrogens is 464 g/mol. The van der Waals surface area contributed by atoms with Crippen LogP contribution in [0.3, 0.4) is 0 Å². The fourth-order valence-corrected chi connectivity index (χ4v) is 2.26. The van der Waals surface area contributed by atoms with E-state index in [2.05, 4.69) is 72.8 Å². The second-order valence-electron chi connectivity index (χ2n) is 7.71. The first-order valence-electron chi connectivity index (χ1n) is 7.60. The normalized spacial score (nSPS) is 12.3. The number of allylic oxidation sites excluding steroid dienone is 4. The second kappa shape index (κ2) is 11.7. The fraction of sp³-hybridized carbons (Fsp3) is 0.500.